The molecule has 1 fully saturated rings. The zero-order valence-corrected chi connectivity index (χ0v) is 18.4. The Balaban J connectivity index is 2.36. The lowest BCUT2D eigenvalue weighted by Gasteiger charge is -2.32. The largest absolute Gasteiger partial charge is 0.492 e. The highest BCUT2D eigenvalue weighted by atomic mass is 19.1. The first kappa shape index (κ1) is 23.8. The molecule has 162 valence electrons. The molecule has 1 heterocycles. The van der Waals surface area contributed by atoms with Gasteiger partial charge in [-0.05, 0) is 71.6 Å². The summed E-state index contributed by atoms with van der Waals surface area (Å²) in [6.07, 6.45) is 0.814. The Morgan fingerprint density at radius 1 is 1.20 bits per heavy atom. The Morgan fingerprint density at radius 3 is 2.13 bits per heavy atom. The van der Waals surface area contributed by atoms with Gasteiger partial charge in [0.25, 0.3) is 0 Å². The summed E-state index contributed by atoms with van der Waals surface area (Å²) >= 11 is 0. The van der Waals surface area contributed by atoms with Gasteiger partial charge < -0.3 is 19.4 Å². The van der Waals surface area contributed by atoms with E-state index in [9.17, 15) is 13.6 Å². The molecule has 0 aliphatic carbocycles. The van der Waals surface area contributed by atoms with Crippen molar-refractivity contribution in [3.63, 3.8) is 0 Å². The summed E-state index contributed by atoms with van der Waals surface area (Å²) in [5.41, 5.74) is -2.04. The van der Waals surface area contributed by atoms with Gasteiger partial charge in [0.1, 0.15) is 28.9 Å². The lowest BCUT2D eigenvalue weighted by molar-refractivity contribution is 0.00578. The van der Waals surface area contributed by atoms with Crippen LogP contribution in [0.5, 0.6) is 0 Å². The van der Waals surface area contributed by atoms with Crippen LogP contribution in [-0.2, 0) is 14.0 Å². The van der Waals surface area contributed by atoms with E-state index in [-0.39, 0.29) is 12.1 Å². The van der Waals surface area contributed by atoms with Crippen LogP contribution in [0.15, 0.2) is 17.6 Å². The molecule has 0 radical (unpaired) electrons. The van der Waals surface area contributed by atoms with Crippen LogP contribution < -0.4 is 5.32 Å². The summed E-state index contributed by atoms with van der Waals surface area (Å²) in [6.45, 7) is 12.6. The molecule has 0 atom stereocenters. The second-order valence-electron chi connectivity index (χ2n) is 9.13. The average Bonchev–Trinajstić information content (AvgIpc) is 2.77. The minimum Gasteiger partial charge on any atom is -0.444 e. The minimum atomic E-state index is -0.975. The first-order chi connectivity index (χ1) is 13.6. The molecule has 0 unspecified atom stereocenters. The Kier molecular flexibility index (Phi) is 6.65. The number of carbonyl (C=O) groups excluding carboxylic acids is 1. The SMILES string of the molecule is CC(C)(C)OC(=O)NCC(=Cc1cc(F)c(C#N)c(F)c1)B1OC(C)(C)C(C)(C)O1. The van der Waals surface area contributed by atoms with Gasteiger partial charge in [0.2, 0.25) is 0 Å². The maximum Gasteiger partial charge on any atom is 0.492 e. The fourth-order valence-electron chi connectivity index (χ4n) is 2.68. The van der Waals surface area contributed by atoms with Crippen molar-refractivity contribution < 1.29 is 27.6 Å². The van der Waals surface area contributed by atoms with Crippen LogP contribution in [0.1, 0.15) is 59.6 Å². The zero-order chi connectivity index (χ0) is 22.9. The van der Waals surface area contributed by atoms with Crippen molar-refractivity contribution in [2.24, 2.45) is 0 Å². The average molecular weight is 420 g/mol. The molecule has 0 aromatic heterocycles. The third-order valence-electron chi connectivity index (χ3n) is 4.92. The van der Waals surface area contributed by atoms with E-state index >= 15 is 0 Å². The highest BCUT2D eigenvalue weighted by molar-refractivity contribution is 6.56. The van der Waals surface area contributed by atoms with Crippen molar-refractivity contribution in [3.05, 3.63) is 40.4 Å². The summed E-state index contributed by atoms with van der Waals surface area (Å²) in [6, 6.07) is 3.57. The summed E-state index contributed by atoms with van der Waals surface area (Å²) < 4.78 is 45.3. The molecule has 6 nitrogen and oxygen atoms in total. The summed E-state index contributed by atoms with van der Waals surface area (Å²) in [4.78, 5) is 12.1. The number of amides is 1. The molecule has 9 heteroatoms. The maximum absolute atomic E-state index is 14.0. The highest BCUT2D eigenvalue weighted by Crippen LogP contribution is 2.38. The second-order valence-corrected chi connectivity index (χ2v) is 9.13. The van der Waals surface area contributed by atoms with Crippen LogP contribution in [-0.4, -0.2) is 36.6 Å². The van der Waals surface area contributed by atoms with Gasteiger partial charge in [-0.1, -0.05) is 6.08 Å². The van der Waals surface area contributed by atoms with E-state index in [0.29, 0.717) is 5.47 Å². The van der Waals surface area contributed by atoms with E-state index in [4.69, 9.17) is 19.3 Å². The Hall–Kier alpha value is -2.44. The highest BCUT2D eigenvalue weighted by Gasteiger charge is 2.52. The van der Waals surface area contributed by atoms with Crippen LogP contribution >= 0.6 is 0 Å². The van der Waals surface area contributed by atoms with Gasteiger partial charge in [0, 0.05) is 6.54 Å². The lowest BCUT2D eigenvalue weighted by Crippen LogP contribution is -2.41. The normalized spacial score (nSPS) is 18.1. The molecule has 1 N–H and O–H groups in total. The van der Waals surface area contributed by atoms with Gasteiger partial charge >= 0.3 is 13.2 Å². The Morgan fingerprint density at radius 2 is 1.70 bits per heavy atom. The minimum absolute atomic E-state index is 0.0328. The number of ether oxygens (including phenoxy) is 1. The summed E-state index contributed by atoms with van der Waals surface area (Å²) in [5.74, 6) is -1.95. The van der Waals surface area contributed by atoms with Crippen molar-refractivity contribution in [3.8, 4) is 6.07 Å². The van der Waals surface area contributed by atoms with Crippen LogP contribution in [0.4, 0.5) is 13.6 Å². The molecule has 1 aliphatic heterocycles. The molecule has 1 aromatic rings. The van der Waals surface area contributed by atoms with Crippen LogP contribution in [0.3, 0.4) is 0 Å². The number of hydrogen-bond acceptors (Lipinski definition) is 5. The molecule has 1 saturated heterocycles. The zero-order valence-electron chi connectivity index (χ0n) is 18.4. The van der Waals surface area contributed by atoms with E-state index in [1.807, 2.05) is 27.7 Å². The smallest absolute Gasteiger partial charge is 0.444 e. The van der Waals surface area contributed by atoms with Gasteiger partial charge in [-0.2, -0.15) is 5.26 Å². The third-order valence-corrected chi connectivity index (χ3v) is 4.92. The predicted octanol–water partition coefficient (Wildman–Crippen LogP) is 4.38. The second kappa shape index (κ2) is 8.36. The Bertz CT molecular complexity index is 862. The number of nitriles is 1. The number of rotatable bonds is 4. The molecule has 0 saturated carbocycles. The molecule has 1 aliphatic rings. The van der Waals surface area contributed by atoms with E-state index in [1.165, 1.54) is 12.1 Å². The number of nitrogens with zero attached hydrogens (tertiary/aromatic N) is 1. The van der Waals surface area contributed by atoms with Crippen molar-refractivity contribution in [2.45, 2.75) is 65.3 Å². The summed E-state index contributed by atoms with van der Waals surface area (Å²) in [5, 5.41) is 11.5. The van der Waals surface area contributed by atoms with Gasteiger partial charge in [-0.25, -0.2) is 13.6 Å². The Labute approximate surface area is 176 Å². The molecule has 0 spiro atoms. The molecule has 2 rings (SSSR count). The quantitative estimate of drug-likeness (QED) is 0.732. The van der Waals surface area contributed by atoms with Crippen molar-refractivity contribution in [2.75, 3.05) is 6.54 Å². The van der Waals surface area contributed by atoms with Gasteiger partial charge in [-0.3, -0.25) is 0 Å². The molecular formula is C21H27BF2N2O4. The van der Waals surface area contributed by atoms with Gasteiger partial charge in [0.05, 0.1) is 11.2 Å². The van der Waals surface area contributed by atoms with Gasteiger partial charge in [-0.15, -0.1) is 0 Å². The third kappa shape index (κ3) is 5.58. The van der Waals surface area contributed by atoms with E-state index in [2.05, 4.69) is 5.32 Å². The van der Waals surface area contributed by atoms with E-state index < -0.39 is 47.2 Å². The predicted molar refractivity (Wildman–Crippen MR) is 109 cm³/mol. The molecule has 0 bridgehead atoms. The molecule has 1 aromatic carbocycles. The fraction of sp³-hybridized carbons (Fsp3) is 0.524. The number of hydrogen-bond donors (Lipinski definition) is 1. The molecular weight excluding hydrogens is 393 g/mol. The van der Waals surface area contributed by atoms with Crippen molar-refractivity contribution >= 4 is 19.3 Å². The van der Waals surface area contributed by atoms with E-state index in [0.717, 1.165) is 12.1 Å². The number of halogens is 2. The first-order valence-corrected chi connectivity index (χ1v) is 9.57. The van der Waals surface area contributed by atoms with E-state index in [1.54, 1.807) is 20.8 Å². The first-order valence-electron chi connectivity index (χ1n) is 9.57. The van der Waals surface area contributed by atoms with Crippen LogP contribution in [0.2, 0.25) is 0 Å². The lowest BCUT2D eigenvalue weighted by atomic mass is 9.77. The number of carbonyl (C=O) groups is 1. The number of nitrogens with one attached hydrogen (secondary N) is 1. The maximum atomic E-state index is 14.0. The van der Waals surface area contributed by atoms with Gasteiger partial charge in [0.15, 0.2) is 0 Å². The number of benzene rings is 1. The van der Waals surface area contributed by atoms with Crippen molar-refractivity contribution in [1.82, 2.24) is 5.32 Å². The number of alkyl carbamates (subject to hydrolysis) is 1. The molecule has 30 heavy (non-hydrogen) atoms. The van der Waals surface area contributed by atoms with Crippen molar-refractivity contribution in [1.29, 1.82) is 5.26 Å². The summed E-state index contributed by atoms with van der Waals surface area (Å²) in [7, 11) is -0.855. The monoisotopic (exact) mass is 420 g/mol. The molecule has 1 amide bonds. The van der Waals surface area contributed by atoms with Crippen LogP contribution in [0, 0.1) is 23.0 Å². The van der Waals surface area contributed by atoms with Crippen LogP contribution in [0.25, 0.3) is 6.08 Å². The fourth-order valence-corrected chi connectivity index (χ4v) is 2.68. The topological polar surface area (TPSA) is 80.6 Å². The standard InChI is InChI=1S/C21H27BF2N2O4/c1-19(2,3)28-18(27)26-12-14(22-29-20(4,5)21(6,7)30-22)8-13-9-16(23)15(11-25)17(24)10-13/h8-10H,12H2,1-7H3,(H,26,27).